The van der Waals surface area contributed by atoms with Crippen LogP contribution in [0.4, 0.5) is 5.69 Å². The summed E-state index contributed by atoms with van der Waals surface area (Å²) in [6, 6.07) is 14.0. The second-order valence-electron chi connectivity index (χ2n) is 7.96. The molecule has 3 aliphatic heterocycles. The molecule has 0 aliphatic carbocycles. The van der Waals surface area contributed by atoms with E-state index in [-0.39, 0.29) is 5.57 Å². The minimum absolute atomic E-state index is 0.0926. The average Bonchev–Trinajstić information content (AvgIpc) is 2.73. The molecule has 4 rings (SSSR count). The molecule has 4 heteroatoms. The predicted octanol–water partition coefficient (Wildman–Crippen LogP) is 5.77. The van der Waals surface area contributed by atoms with Crippen LogP contribution >= 0.6 is 0 Å². The van der Waals surface area contributed by atoms with E-state index in [1.165, 1.54) is 44.2 Å². The van der Waals surface area contributed by atoms with E-state index >= 15 is 0 Å². The zero-order chi connectivity index (χ0) is 20.2. The van der Waals surface area contributed by atoms with Crippen LogP contribution in [-0.4, -0.2) is 12.1 Å². The van der Waals surface area contributed by atoms with Gasteiger partial charge in [-0.1, -0.05) is 18.2 Å². The summed E-state index contributed by atoms with van der Waals surface area (Å²) in [6.07, 6.45) is 15.3. The van der Waals surface area contributed by atoms with Crippen molar-refractivity contribution in [3.8, 4) is 12.1 Å². The van der Waals surface area contributed by atoms with E-state index in [1.807, 2.05) is 31.2 Å². The van der Waals surface area contributed by atoms with Crippen molar-refractivity contribution in [1.29, 1.82) is 10.5 Å². The fourth-order valence-corrected chi connectivity index (χ4v) is 4.72. The molecular formula is C25H25N3O. The number of fused-ring (bicyclic) bond motifs is 2. The Balaban J connectivity index is 1.51. The number of allylic oxidation sites excluding steroid dienone is 6. The number of nitrogens with zero attached hydrogens (tertiary/aromatic N) is 3. The van der Waals surface area contributed by atoms with Crippen molar-refractivity contribution in [2.75, 3.05) is 4.90 Å². The first-order valence-electron chi connectivity index (χ1n) is 10.4. The Hall–Kier alpha value is -3.24. The zero-order valence-corrected chi connectivity index (χ0v) is 16.8. The summed E-state index contributed by atoms with van der Waals surface area (Å²) >= 11 is 0. The lowest BCUT2D eigenvalue weighted by molar-refractivity contribution is 0.296. The van der Waals surface area contributed by atoms with Gasteiger partial charge in [0.15, 0.2) is 0 Å². The van der Waals surface area contributed by atoms with Crippen molar-refractivity contribution < 1.29 is 4.74 Å². The minimum Gasteiger partial charge on any atom is -0.462 e. The molecule has 29 heavy (non-hydrogen) atoms. The van der Waals surface area contributed by atoms with Crippen LogP contribution < -0.4 is 4.90 Å². The van der Waals surface area contributed by atoms with Gasteiger partial charge in [-0.2, -0.15) is 10.5 Å². The molecule has 3 aliphatic rings. The highest BCUT2D eigenvalue weighted by Crippen LogP contribution is 2.37. The maximum atomic E-state index is 9.10. The largest absolute Gasteiger partial charge is 0.462 e. The first-order chi connectivity index (χ1) is 14.2. The summed E-state index contributed by atoms with van der Waals surface area (Å²) in [5, 5.41) is 18.2. The molecule has 0 saturated carbocycles. The molecule has 0 aromatic heterocycles. The topological polar surface area (TPSA) is 60.0 Å². The van der Waals surface area contributed by atoms with E-state index in [9.17, 15) is 0 Å². The normalized spacial score (nSPS) is 23.6. The van der Waals surface area contributed by atoms with Crippen LogP contribution in [0.25, 0.3) is 6.08 Å². The molecular weight excluding hydrogens is 358 g/mol. The third kappa shape index (κ3) is 4.13. The highest BCUT2D eigenvalue weighted by Gasteiger charge is 2.33. The maximum absolute atomic E-state index is 9.10. The third-order valence-corrected chi connectivity index (χ3v) is 6.02. The van der Waals surface area contributed by atoms with E-state index < -0.39 is 0 Å². The van der Waals surface area contributed by atoms with Gasteiger partial charge in [0.05, 0.1) is 0 Å². The van der Waals surface area contributed by atoms with Crippen LogP contribution in [0.1, 0.15) is 51.0 Å². The summed E-state index contributed by atoms with van der Waals surface area (Å²) in [4.78, 5) is 2.66. The van der Waals surface area contributed by atoms with Crippen molar-refractivity contribution in [3.05, 3.63) is 70.7 Å². The molecule has 1 aromatic carbocycles. The monoisotopic (exact) mass is 383 g/mol. The standard InChI is InChI=1S/C25H25N3O/c1-18-14-20(21(16-26)17-27)15-25(29-18)13-10-19-8-11-24(12-9-19)28-22-4-2-5-23(28)7-3-6-22/h8-15,22-23H,2-7H2,1H3/b13-10+. The van der Waals surface area contributed by atoms with Gasteiger partial charge in [-0.25, -0.2) is 0 Å². The Labute approximate surface area is 172 Å². The quantitative estimate of drug-likeness (QED) is 0.621. The van der Waals surface area contributed by atoms with Gasteiger partial charge in [0, 0.05) is 23.3 Å². The molecule has 0 radical (unpaired) electrons. The molecule has 0 spiro atoms. The van der Waals surface area contributed by atoms with Crippen LogP contribution in [0.5, 0.6) is 0 Å². The van der Waals surface area contributed by atoms with E-state index in [0.29, 0.717) is 29.2 Å². The highest BCUT2D eigenvalue weighted by atomic mass is 16.5. The summed E-state index contributed by atoms with van der Waals surface area (Å²) < 4.78 is 5.72. The lowest BCUT2D eigenvalue weighted by atomic mass is 9.84. The first-order valence-corrected chi connectivity index (χ1v) is 10.4. The van der Waals surface area contributed by atoms with Crippen molar-refractivity contribution >= 4 is 11.8 Å². The summed E-state index contributed by atoms with van der Waals surface area (Å²) in [7, 11) is 0. The minimum atomic E-state index is 0.0926. The van der Waals surface area contributed by atoms with Gasteiger partial charge < -0.3 is 9.64 Å². The van der Waals surface area contributed by atoms with Gasteiger partial charge in [-0.05, 0) is 81.4 Å². The molecule has 2 bridgehead atoms. The number of nitriles is 2. The summed E-state index contributed by atoms with van der Waals surface area (Å²) in [5.74, 6) is 1.29. The Kier molecular flexibility index (Phi) is 5.54. The van der Waals surface area contributed by atoms with Gasteiger partial charge in [0.1, 0.15) is 29.2 Å². The summed E-state index contributed by atoms with van der Waals surface area (Å²) in [5.41, 5.74) is 3.11. The Morgan fingerprint density at radius 1 is 0.966 bits per heavy atom. The number of hydrogen-bond donors (Lipinski definition) is 0. The van der Waals surface area contributed by atoms with Gasteiger partial charge in [0.2, 0.25) is 0 Å². The molecule has 0 amide bonds. The zero-order valence-electron chi connectivity index (χ0n) is 16.8. The molecule has 0 unspecified atom stereocenters. The predicted molar refractivity (Wildman–Crippen MR) is 114 cm³/mol. The Morgan fingerprint density at radius 2 is 1.59 bits per heavy atom. The molecule has 4 nitrogen and oxygen atoms in total. The number of piperidine rings is 2. The van der Waals surface area contributed by atoms with Crippen LogP contribution in [0.3, 0.4) is 0 Å². The maximum Gasteiger partial charge on any atom is 0.137 e. The van der Waals surface area contributed by atoms with Crippen molar-refractivity contribution in [2.45, 2.75) is 57.5 Å². The molecule has 1 aromatic rings. The molecule has 3 heterocycles. The number of hydrogen-bond acceptors (Lipinski definition) is 4. The average molecular weight is 383 g/mol. The first kappa shape index (κ1) is 19.1. The molecule has 2 fully saturated rings. The fourth-order valence-electron chi connectivity index (χ4n) is 4.72. The van der Waals surface area contributed by atoms with E-state index in [4.69, 9.17) is 15.3 Å². The molecule has 0 N–H and O–H groups in total. The van der Waals surface area contributed by atoms with Gasteiger partial charge >= 0.3 is 0 Å². The van der Waals surface area contributed by atoms with Crippen LogP contribution in [0.2, 0.25) is 0 Å². The van der Waals surface area contributed by atoms with E-state index in [0.717, 1.165) is 5.56 Å². The number of benzene rings is 1. The second-order valence-corrected chi connectivity index (χ2v) is 7.96. The molecule has 2 saturated heterocycles. The third-order valence-electron chi connectivity index (χ3n) is 6.02. The highest BCUT2D eigenvalue weighted by molar-refractivity contribution is 5.60. The van der Waals surface area contributed by atoms with E-state index in [2.05, 4.69) is 29.2 Å². The fraction of sp³-hybridized carbons (Fsp3) is 0.360. The number of ether oxygens (including phenoxy) is 1. The molecule has 146 valence electrons. The second kappa shape index (κ2) is 8.41. The number of anilines is 1. The SMILES string of the molecule is CC1=CC(=C(C#N)C#N)C=C(/C=C/c2ccc(N3C4CCCC3CCC4)cc2)O1. The Morgan fingerprint density at radius 3 is 2.17 bits per heavy atom. The van der Waals surface area contributed by atoms with Crippen molar-refractivity contribution in [1.82, 2.24) is 0 Å². The smallest absolute Gasteiger partial charge is 0.137 e. The van der Waals surface area contributed by atoms with Gasteiger partial charge in [-0.15, -0.1) is 0 Å². The van der Waals surface area contributed by atoms with Crippen LogP contribution in [0, 0.1) is 22.7 Å². The lowest BCUT2D eigenvalue weighted by Gasteiger charge is -2.47. The van der Waals surface area contributed by atoms with E-state index in [1.54, 1.807) is 12.2 Å². The Bertz CT molecular complexity index is 944. The van der Waals surface area contributed by atoms with Gasteiger partial charge in [0.25, 0.3) is 0 Å². The van der Waals surface area contributed by atoms with Crippen molar-refractivity contribution in [2.24, 2.45) is 0 Å². The molecule has 0 atom stereocenters. The van der Waals surface area contributed by atoms with Gasteiger partial charge in [-0.3, -0.25) is 0 Å². The lowest BCUT2D eigenvalue weighted by Crippen LogP contribution is -2.49. The van der Waals surface area contributed by atoms with Crippen LogP contribution in [-0.2, 0) is 4.74 Å². The van der Waals surface area contributed by atoms with Crippen molar-refractivity contribution in [3.63, 3.8) is 0 Å². The summed E-state index contributed by atoms with van der Waals surface area (Å²) in [6.45, 7) is 1.82. The van der Waals surface area contributed by atoms with Crippen LogP contribution in [0.15, 0.2) is 65.2 Å². The number of rotatable bonds is 3.